The zero-order valence-electron chi connectivity index (χ0n) is 39.8. The SMILES string of the molecule is COC(=O)C(CN1CCOCC1)NC(=O)[C@H](C)NC(=O)Cc1cc(F)cc(F)c1.COCCN[C@@H](Cc1ccc(OCCN2CCOCC2)cc1)C(=O)NC(=O)[C@H](C)NC(=O)Cc1cc(F)cc(F)c1. The van der Waals surface area contributed by atoms with Gasteiger partial charge in [0.25, 0.3) is 0 Å². The van der Waals surface area contributed by atoms with E-state index < -0.39 is 82.9 Å². The molecular formula is C48H63F4N7O11. The maximum Gasteiger partial charge on any atom is 0.329 e. The molecule has 70 heavy (non-hydrogen) atoms. The molecule has 384 valence electrons. The van der Waals surface area contributed by atoms with Crippen LogP contribution in [0.1, 0.15) is 30.5 Å². The Hall–Kier alpha value is -6.04. The van der Waals surface area contributed by atoms with Crippen molar-refractivity contribution in [3.05, 3.63) is 101 Å². The molecule has 4 atom stereocenters. The number of benzene rings is 3. The Bertz CT molecular complexity index is 2140. The summed E-state index contributed by atoms with van der Waals surface area (Å²) in [6, 6.07) is 9.32. The molecule has 2 aliphatic rings. The van der Waals surface area contributed by atoms with Crippen molar-refractivity contribution < 1.29 is 70.0 Å². The standard InChI is InChI=1S/C29H38F2N4O6.C19H25F2N3O5/c1-20(33-27(36)18-22-15-23(30)19-24(31)16-22)28(37)34-29(38)26(32-7-11-39-2)17-21-3-5-25(6-4-21)41-14-10-35-8-12-40-13-9-35;1-12(22-17(25)9-13-7-14(20)10-15(21)8-13)18(26)23-16(19(27)28-2)11-24-3-5-29-6-4-24/h3-6,15-16,19-20,26,32H,7-14,17-18H2,1-2H3,(H,33,36)(H,34,37,38);7-8,10,12,16H,3-6,9,11H2,1-2H3,(H,22,25)(H,23,26)/t20-,26-;12-,16?/m00/s1. The summed E-state index contributed by atoms with van der Waals surface area (Å²) >= 11 is 0. The molecule has 2 saturated heterocycles. The molecule has 2 heterocycles. The van der Waals surface area contributed by atoms with Crippen molar-refractivity contribution in [3.8, 4) is 5.75 Å². The second-order valence-corrected chi connectivity index (χ2v) is 16.5. The highest BCUT2D eigenvalue weighted by Gasteiger charge is 2.28. The Morgan fingerprint density at radius 3 is 1.61 bits per heavy atom. The predicted molar refractivity (Wildman–Crippen MR) is 246 cm³/mol. The van der Waals surface area contributed by atoms with Crippen LogP contribution in [0.3, 0.4) is 0 Å². The maximum absolute atomic E-state index is 13.4. The first-order chi connectivity index (χ1) is 33.5. The molecule has 0 aliphatic carbocycles. The fourth-order valence-electron chi connectivity index (χ4n) is 7.16. The lowest BCUT2D eigenvalue weighted by Gasteiger charge is -2.30. The minimum Gasteiger partial charge on any atom is -0.492 e. The Balaban J connectivity index is 0.000000323. The number of imide groups is 1. The lowest BCUT2D eigenvalue weighted by atomic mass is 10.0. The average Bonchev–Trinajstić information content (AvgIpc) is 3.31. The molecule has 1 unspecified atom stereocenters. The first kappa shape index (κ1) is 56.5. The molecule has 5 amide bonds. The number of ether oxygens (including phenoxy) is 5. The minimum atomic E-state index is -1.06. The number of esters is 1. The molecule has 22 heteroatoms. The van der Waals surface area contributed by atoms with E-state index in [9.17, 15) is 46.3 Å². The van der Waals surface area contributed by atoms with E-state index in [1.807, 2.05) is 29.2 Å². The highest BCUT2D eigenvalue weighted by atomic mass is 19.1. The zero-order chi connectivity index (χ0) is 51.0. The van der Waals surface area contributed by atoms with Crippen molar-refractivity contribution in [1.82, 2.24) is 36.4 Å². The summed E-state index contributed by atoms with van der Waals surface area (Å²) in [6.07, 6.45) is -0.322. The van der Waals surface area contributed by atoms with Crippen LogP contribution in [-0.2, 0) is 67.0 Å². The first-order valence-corrected chi connectivity index (χ1v) is 22.8. The van der Waals surface area contributed by atoms with Crippen molar-refractivity contribution >= 4 is 35.5 Å². The third kappa shape index (κ3) is 20.9. The number of methoxy groups -OCH3 is 2. The van der Waals surface area contributed by atoms with Gasteiger partial charge in [-0.2, -0.15) is 0 Å². The van der Waals surface area contributed by atoms with Gasteiger partial charge in [0, 0.05) is 65.1 Å². The Morgan fingerprint density at radius 1 is 0.614 bits per heavy atom. The summed E-state index contributed by atoms with van der Waals surface area (Å²) in [5.41, 5.74) is 1.12. The third-order valence-electron chi connectivity index (χ3n) is 10.9. The van der Waals surface area contributed by atoms with E-state index >= 15 is 0 Å². The maximum atomic E-state index is 13.4. The molecule has 0 saturated carbocycles. The van der Waals surface area contributed by atoms with Crippen LogP contribution < -0.4 is 31.3 Å². The summed E-state index contributed by atoms with van der Waals surface area (Å²) in [6.45, 7) is 10.8. The quantitative estimate of drug-likeness (QED) is 0.0514. The number of hydrogen-bond donors (Lipinski definition) is 5. The lowest BCUT2D eigenvalue weighted by Crippen LogP contribution is -2.55. The van der Waals surface area contributed by atoms with Crippen LogP contribution in [0, 0.1) is 23.3 Å². The van der Waals surface area contributed by atoms with E-state index in [1.54, 1.807) is 7.11 Å². The highest BCUT2D eigenvalue weighted by molar-refractivity contribution is 6.01. The van der Waals surface area contributed by atoms with Gasteiger partial charge < -0.3 is 45.0 Å². The van der Waals surface area contributed by atoms with Gasteiger partial charge in [0.05, 0.1) is 59.0 Å². The Labute approximate surface area is 404 Å². The molecular weight excluding hydrogens is 927 g/mol. The summed E-state index contributed by atoms with van der Waals surface area (Å²) in [7, 11) is 2.77. The third-order valence-corrected chi connectivity index (χ3v) is 10.9. The van der Waals surface area contributed by atoms with E-state index in [-0.39, 0.29) is 30.5 Å². The van der Waals surface area contributed by atoms with Gasteiger partial charge in [-0.15, -0.1) is 0 Å². The van der Waals surface area contributed by atoms with Gasteiger partial charge >= 0.3 is 5.97 Å². The number of carbonyl (C=O) groups is 6. The van der Waals surface area contributed by atoms with Gasteiger partial charge in [0.2, 0.25) is 29.5 Å². The van der Waals surface area contributed by atoms with E-state index in [1.165, 1.54) is 21.0 Å². The van der Waals surface area contributed by atoms with Gasteiger partial charge in [-0.1, -0.05) is 12.1 Å². The number of halogens is 4. The van der Waals surface area contributed by atoms with E-state index in [0.29, 0.717) is 64.6 Å². The molecule has 5 N–H and O–H groups in total. The molecule has 2 fully saturated rings. The van der Waals surface area contributed by atoms with Crippen molar-refractivity contribution in [1.29, 1.82) is 0 Å². The molecule has 0 aromatic heterocycles. The molecule has 3 aromatic rings. The average molecular weight is 990 g/mol. The van der Waals surface area contributed by atoms with Gasteiger partial charge in [0.15, 0.2) is 0 Å². The predicted octanol–water partition coefficient (Wildman–Crippen LogP) is 1.22. The van der Waals surface area contributed by atoms with Crippen molar-refractivity contribution in [2.24, 2.45) is 0 Å². The molecule has 18 nitrogen and oxygen atoms in total. The lowest BCUT2D eigenvalue weighted by molar-refractivity contribution is -0.146. The molecule has 0 radical (unpaired) electrons. The molecule has 2 aliphatic heterocycles. The monoisotopic (exact) mass is 989 g/mol. The zero-order valence-corrected chi connectivity index (χ0v) is 39.8. The number of morpholine rings is 2. The second kappa shape index (κ2) is 29.9. The van der Waals surface area contributed by atoms with Crippen molar-refractivity contribution in [2.45, 2.75) is 57.3 Å². The van der Waals surface area contributed by atoms with Crippen molar-refractivity contribution in [2.75, 3.05) is 99.7 Å². The van der Waals surface area contributed by atoms with Crippen LogP contribution in [0.25, 0.3) is 0 Å². The second-order valence-electron chi connectivity index (χ2n) is 16.5. The van der Waals surface area contributed by atoms with Crippen molar-refractivity contribution in [3.63, 3.8) is 0 Å². The summed E-state index contributed by atoms with van der Waals surface area (Å²) in [5, 5.41) is 12.9. The van der Waals surface area contributed by atoms with E-state index in [0.717, 1.165) is 68.4 Å². The van der Waals surface area contributed by atoms with Crippen LogP contribution in [0.2, 0.25) is 0 Å². The van der Waals surface area contributed by atoms with Crippen LogP contribution >= 0.6 is 0 Å². The van der Waals surface area contributed by atoms with Crippen LogP contribution in [-0.4, -0.2) is 169 Å². The van der Waals surface area contributed by atoms with Gasteiger partial charge in [-0.3, -0.25) is 39.1 Å². The number of carbonyl (C=O) groups excluding carboxylic acids is 6. The first-order valence-electron chi connectivity index (χ1n) is 22.8. The fourth-order valence-corrected chi connectivity index (χ4v) is 7.16. The number of amides is 5. The fraction of sp³-hybridized carbons (Fsp3) is 0.500. The van der Waals surface area contributed by atoms with E-state index in [2.05, 4.69) is 31.5 Å². The van der Waals surface area contributed by atoms with E-state index in [4.69, 9.17) is 23.7 Å². The van der Waals surface area contributed by atoms with Crippen LogP contribution in [0.15, 0.2) is 60.7 Å². The highest BCUT2D eigenvalue weighted by Crippen LogP contribution is 2.15. The van der Waals surface area contributed by atoms with Gasteiger partial charge in [0.1, 0.15) is 53.8 Å². The summed E-state index contributed by atoms with van der Waals surface area (Å²) in [4.78, 5) is 78.7. The van der Waals surface area contributed by atoms with Gasteiger partial charge in [-0.05, 0) is 73.4 Å². The summed E-state index contributed by atoms with van der Waals surface area (Å²) < 4.78 is 79.5. The Kier molecular flexibility index (Phi) is 24.1. The smallest absolute Gasteiger partial charge is 0.329 e. The number of hydrogen-bond acceptors (Lipinski definition) is 14. The topological polar surface area (TPSA) is 215 Å². The molecule has 3 aromatic carbocycles. The minimum absolute atomic E-state index is 0.125. The number of nitrogens with zero attached hydrogens (tertiary/aromatic N) is 2. The molecule has 0 bridgehead atoms. The number of rotatable bonds is 23. The van der Waals surface area contributed by atoms with Crippen LogP contribution in [0.5, 0.6) is 5.75 Å². The van der Waals surface area contributed by atoms with Crippen LogP contribution in [0.4, 0.5) is 17.6 Å². The normalized spacial score (nSPS) is 15.7. The molecule has 0 spiro atoms. The number of nitrogens with one attached hydrogen (secondary N) is 5. The Morgan fingerprint density at radius 2 is 1.11 bits per heavy atom. The largest absolute Gasteiger partial charge is 0.492 e. The molecule has 5 rings (SSSR count). The van der Waals surface area contributed by atoms with Gasteiger partial charge in [-0.25, -0.2) is 22.4 Å². The summed E-state index contributed by atoms with van der Waals surface area (Å²) in [5.74, 6) is -6.12.